The minimum Gasteiger partial charge on any atom is -0.493 e. The van der Waals surface area contributed by atoms with Gasteiger partial charge >= 0.3 is 5.69 Å². The van der Waals surface area contributed by atoms with Crippen molar-refractivity contribution < 1.29 is 9.47 Å². The van der Waals surface area contributed by atoms with Gasteiger partial charge in [-0.05, 0) is 30.3 Å². The molecule has 0 spiro atoms. The highest BCUT2D eigenvalue weighted by atomic mass is 35.5. The van der Waals surface area contributed by atoms with Gasteiger partial charge in [0.1, 0.15) is 5.49 Å². The van der Waals surface area contributed by atoms with E-state index in [2.05, 4.69) is 9.98 Å². The van der Waals surface area contributed by atoms with Gasteiger partial charge in [0.2, 0.25) is 0 Å². The first-order chi connectivity index (χ1) is 12.5. The lowest BCUT2D eigenvalue weighted by atomic mass is 10.1. The van der Waals surface area contributed by atoms with Gasteiger partial charge in [0.25, 0.3) is 0 Å². The van der Waals surface area contributed by atoms with Crippen LogP contribution in [0.15, 0.2) is 58.6 Å². The molecule has 7 nitrogen and oxygen atoms in total. The topological polar surface area (TPSA) is 70.6 Å². The number of hydrogen-bond donors (Lipinski definition) is 0. The van der Waals surface area contributed by atoms with Crippen LogP contribution >= 0.6 is 24.8 Å². The maximum absolute atomic E-state index is 12.6. The SMILES string of the molecule is COc1ccc(-c2c/c(=N/c3cccnc3)n(C)c(=O)n2C)cc1OC.Cl.Cl. The van der Waals surface area contributed by atoms with Crippen LogP contribution < -0.4 is 20.7 Å². The molecule has 0 radical (unpaired) electrons. The van der Waals surface area contributed by atoms with E-state index in [4.69, 9.17) is 9.47 Å². The molecule has 1 aromatic carbocycles. The number of methoxy groups -OCH3 is 2. The fourth-order valence-corrected chi connectivity index (χ4v) is 2.67. The van der Waals surface area contributed by atoms with E-state index in [1.54, 1.807) is 51.3 Å². The number of ether oxygens (including phenoxy) is 2. The summed E-state index contributed by atoms with van der Waals surface area (Å²) in [7, 11) is 6.58. The van der Waals surface area contributed by atoms with Crippen LogP contribution in [0.5, 0.6) is 11.5 Å². The molecule has 0 amide bonds. The Kier molecular flexibility index (Phi) is 8.28. The maximum atomic E-state index is 12.6. The number of aromatic nitrogens is 3. The lowest BCUT2D eigenvalue weighted by Crippen LogP contribution is -2.37. The average Bonchev–Trinajstić information content (AvgIpc) is 2.68. The number of halogens is 2. The van der Waals surface area contributed by atoms with Gasteiger partial charge in [0.15, 0.2) is 11.5 Å². The normalized spacial score (nSPS) is 10.6. The number of benzene rings is 1. The smallest absolute Gasteiger partial charge is 0.329 e. The fourth-order valence-electron chi connectivity index (χ4n) is 2.67. The summed E-state index contributed by atoms with van der Waals surface area (Å²) >= 11 is 0. The Labute approximate surface area is 175 Å². The van der Waals surface area contributed by atoms with Crippen LogP contribution in [0.1, 0.15) is 0 Å². The molecule has 0 saturated heterocycles. The molecule has 0 bridgehead atoms. The average molecular weight is 425 g/mol. The molecular formula is C19H22Cl2N4O3. The molecule has 0 aliphatic rings. The summed E-state index contributed by atoms with van der Waals surface area (Å²) in [4.78, 5) is 21.2. The van der Waals surface area contributed by atoms with Crippen molar-refractivity contribution in [3.05, 3.63) is 64.8 Å². The van der Waals surface area contributed by atoms with Crippen molar-refractivity contribution >= 4 is 30.5 Å². The summed E-state index contributed by atoms with van der Waals surface area (Å²) in [5.41, 5.74) is 2.57. The van der Waals surface area contributed by atoms with Gasteiger partial charge in [-0.25, -0.2) is 9.79 Å². The molecule has 2 aromatic heterocycles. The Morgan fingerprint density at radius 3 is 2.29 bits per heavy atom. The molecule has 0 fully saturated rings. The molecule has 0 unspecified atom stereocenters. The number of rotatable bonds is 4. The van der Waals surface area contributed by atoms with E-state index in [1.165, 1.54) is 4.57 Å². The summed E-state index contributed by atoms with van der Waals surface area (Å²) < 4.78 is 13.7. The highest BCUT2D eigenvalue weighted by Gasteiger charge is 2.11. The summed E-state index contributed by atoms with van der Waals surface area (Å²) in [5.74, 6) is 1.22. The van der Waals surface area contributed by atoms with Gasteiger partial charge in [-0.3, -0.25) is 14.1 Å². The van der Waals surface area contributed by atoms with Gasteiger partial charge in [-0.15, -0.1) is 24.8 Å². The Morgan fingerprint density at radius 2 is 1.68 bits per heavy atom. The second-order valence-electron chi connectivity index (χ2n) is 5.68. The van der Waals surface area contributed by atoms with E-state index < -0.39 is 0 Å². The van der Waals surface area contributed by atoms with Crippen LogP contribution in [0.4, 0.5) is 5.69 Å². The first-order valence-electron chi connectivity index (χ1n) is 7.99. The minimum atomic E-state index is -0.181. The quantitative estimate of drug-likeness (QED) is 0.645. The predicted molar refractivity (Wildman–Crippen MR) is 113 cm³/mol. The van der Waals surface area contributed by atoms with Crippen molar-refractivity contribution in [2.75, 3.05) is 14.2 Å². The molecule has 150 valence electrons. The Bertz CT molecular complexity index is 1060. The molecular weight excluding hydrogens is 403 g/mol. The molecule has 3 rings (SSSR count). The number of hydrogen-bond acceptors (Lipinski definition) is 5. The third-order valence-corrected chi connectivity index (χ3v) is 4.11. The largest absolute Gasteiger partial charge is 0.493 e. The molecule has 2 heterocycles. The molecule has 0 atom stereocenters. The second-order valence-corrected chi connectivity index (χ2v) is 5.68. The summed E-state index contributed by atoms with van der Waals surface area (Å²) in [6.07, 6.45) is 3.33. The van der Waals surface area contributed by atoms with Crippen LogP contribution in [0, 0.1) is 0 Å². The standard InChI is InChI=1S/C19H20N4O3.2ClH/c1-22-15(13-7-8-16(25-3)17(10-13)26-4)11-18(23(2)19(22)24)21-14-6-5-9-20-12-14;;/h5-12H,1-4H3;2*1H/b21-18-;;. The van der Waals surface area contributed by atoms with Crippen LogP contribution in [-0.2, 0) is 14.1 Å². The predicted octanol–water partition coefficient (Wildman–Crippen LogP) is 2.88. The third kappa shape index (κ3) is 4.55. The van der Waals surface area contributed by atoms with E-state index in [9.17, 15) is 4.79 Å². The van der Waals surface area contributed by atoms with Gasteiger partial charge in [0, 0.05) is 31.9 Å². The van der Waals surface area contributed by atoms with Crippen molar-refractivity contribution in [2.45, 2.75) is 0 Å². The van der Waals surface area contributed by atoms with Gasteiger partial charge in [0.05, 0.1) is 31.8 Å². The van der Waals surface area contributed by atoms with E-state index in [0.717, 1.165) is 11.3 Å². The van der Waals surface area contributed by atoms with E-state index in [1.807, 2.05) is 30.3 Å². The number of nitrogens with zero attached hydrogens (tertiary/aromatic N) is 4. The van der Waals surface area contributed by atoms with E-state index in [0.29, 0.717) is 22.7 Å². The lowest BCUT2D eigenvalue weighted by Gasteiger charge is -2.13. The van der Waals surface area contributed by atoms with Crippen molar-refractivity contribution in [3.8, 4) is 22.8 Å². The highest BCUT2D eigenvalue weighted by molar-refractivity contribution is 5.85. The van der Waals surface area contributed by atoms with Crippen molar-refractivity contribution in [1.29, 1.82) is 0 Å². The molecule has 3 aromatic rings. The third-order valence-electron chi connectivity index (χ3n) is 4.11. The van der Waals surface area contributed by atoms with Gasteiger partial charge in [-0.2, -0.15) is 0 Å². The Balaban J connectivity index is 0.00000196. The van der Waals surface area contributed by atoms with E-state index >= 15 is 0 Å². The molecule has 0 aliphatic heterocycles. The zero-order valence-corrected chi connectivity index (χ0v) is 17.6. The zero-order valence-electron chi connectivity index (χ0n) is 15.9. The first-order valence-corrected chi connectivity index (χ1v) is 7.99. The lowest BCUT2D eigenvalue weighted by molar-refractivity contribution is 0.355. The van der Waals surface area contributed by atoms with Crippen LogP contribution in [-0.4, -0.2) is 28.3 Å². The Morgan fingerprint density at radius 1 is 0.964 bits per heavy atom. The zero-order chi connectivity index (χ0) is 18.7. The highest BCUT2D eigenvalue weighted by Crippen LogP contribution is 2.31. The van der Waals surface area contributed by atoms with Gasteiger partial charge in [-0.1, -0.05) is 0 Å². The first kappa shape index (κ1) is 23.3. The minimum absolute atomic E-state index is 0. The molecule has 0 N–H and O–H groups in total. The molecule has 9 heteroatoms. The monoisotopic (exact) mass is 424 g/mol. The summed E-state index contributed by atoms with van der Waals surface area (Å²) in [5, 5.41) is 0. The van der Waals surface area contributed by atoms with Crippen molar-refractivity contribution in [3.63, 3.8) is 0 Å². The fraction of sp³-hybridized carbons (Fsp3) is 0.211. The van der Waals surface area contributed by atoms with Crippen molar-refractivity contribution in [2.24, 2.45) is 19.1 Å². The van der Waals surface area contributed by atoms with E-state index in [-0.39, 0.29) is 30.5 Å². The summed E-state index contributed by atoms with van der Waals surface area (Å²) in [6.45, 7) is 0. The number of pyridine rings is 1. The summed E-state index contributed by atoms with van der Waals surface area (Å²) in [6, 6.07) is 11.0. The van der Waals surface area contributed by atoms with Crippen LogP contribution in [0.3, 0.4) is 0 Å². The Hall–Kier alpha value is -2.77. The second kappa shape index (κ2) is 9.96. The van der Waals surface area contributed by atoms with Gasteiger partial charge < -0.3 is 9.47 Å². The van der Waals surface area contributed by atoms with Crippen LogP contribution in [0.25, 0.3) is 11.3 Å². The van der Waals surface area contributed by atoms with Crippen LogP contribution in [0.2, 0.25) is 0 Å². The molecule has 0 aliphatic carbocycles. The molecule has 28 heavy (non-hydrogen) atoms. The maximum Gasteiger partial charge on any atom is 0.329 e. The molecule has 0 saturated carbocycles. The van der Waals surface area contributed by atoms with Crippen molar-refractivity contribution in [1.82, 2.24) is 14.1 Å².